The van der Waals surface area contributed by atoms with Crippen LogP contribution in [0.3, 0.4) is 0 Å². The van der Waals surface area contributed by atoms with Gasteiger partial charge in [0.15, 0.2) is 0 Å². The second kappa shape index (κ2) is 5.31. The maximum absolute atomic E-state index is 14.4. The van der Waals surface area contributed by atoms with Crippen LogP contribution in [0.1, 0.15) is 52.4 Å². The summed E-state index contributed by atoms with van der Waals surface area (Å²) in [6.45, 7) is 4.35. The number of allylic oxidation sites excluding steroid dienone is 2. The largest absolute Gasteiger partial charge is 0.497 e. The summed E-state index contributed by atoms with van der Waals surface area (Å²) in [4.78, 5) is 0. The molecule has 4 rings (SSSR count). The molecule has 0 spiro atoms. The Labute approximate surface area is 143 Å². The van der Waals surface area contributed by atoms with Crippen molar-refractivity contribution in [2.75, 3.05) is 7.11 Å². The Morgan fingerprint density at radius 3 is 2.62 bits per heavy atom. The molecular formula is C20H29FO3. The number of ether oxygens (including phenoxy) is 1. The van der Waals surface area contributed by atoms with Gasteiger partial charge in [-0.1, -0.05) is 19.4 Å². The Kier molecular flexibility index (Phi) is 3.67. The fraction of sp³-hybridized carbons (Fsp3) is 0.800. The third-order valence-electron chi connectivity index (χ3n) is 7.76. The minimum atomic E-state index is -1.14. The fourth-order valence-corrected chi connectivity index (χ4v) is 6.16. The number of aliphatic hydroxyl groups is 2. The maximum Gasteiger partial charge on any atom is 0.127 e. The quantitative estimate of drug-likeness (QED) is 0.770. The van der Waals surface area contributed by atoms with Crippen molar-refractivity contribution in [3.8, 4) is 0 Å². The molecule has 0 saturated heterocycles. The van der Waals surface area contributed by atoms with Gasteiger partial charge >= 0.3 is 0 Å². The molecule has 0 amide bonds. The van der Waals surface area contributed by atoms with Crippen LogP contribution in [-0.2, 0) is 4.74 Å². The summed E-state index contributed by atoms with van der Waals surface area (Å²) in [6.07, 6.45) is 4.56. The van der Waals surface area contributed by atoms with E-state index in [1.54, 1.807) is 7.11 Å². The predicted molar refractivity (Wildman–Crippen MR) is 89.9 cm³/mol. The van der Waals surface area contributed by atoms with Crippen molar-refractivity contribution in [1.82, 2.24) is 0 Å². The Bertz CT molecular complexity index is 612. The van der Waals surface area contributed by atoms with Gasteiger partial charge in [-0.25, -0.2) is 4.39 Å². The highest BCUT2D eigenvalue weighted by atomic mass is 19.1. The minimum absolute atomic E-state index is 0.0390. The number of halogens is 1. The Morgan fingerprint density at radius 2 is 1.92 bits per heavy atom. The summed E-state index contributed by atoms with van der Waals surface area (Å²) >= 11 is 0. The zero-order chi connectivity index (χ0) is 17.3. The number of fused-ring (bicyclic) bond motifs is 5. The van der Waals surface area contributed by atoms with E-state index in [9.17, 15) is 14.6 Å². The molecule has 4 aliphatic carbocycles. The van der Waals surface area contributed by atoms with E-state index in [2.05, 4.69) is 13.0 Å². The molecule has 0 radical (unpaired) electrons. The molecule has 0 aliphatic heterocycles. The van der Waals surface area contributed by atoms with E-state index < -0.39 is 12.3 Å². The standard InChI is InChI=1S/C20H29FO3/c1-19-6-4-12(22)8-11(19)9-16(24-3)17-13(19)5-7-20(2)14(17)10-15(21)18(20)23/h9,12-15,18,22-23H,4-8,10H2,1-3H3/t12?,13-,14+,15?,18?,19+,20+/m1/s1. The van der Waals surface area contributed by atoms with Gasteiger partial charge in [0.05, 0.1) is 19.3 Å². The topological polar surface area (TPSA) is 49.7 Å². The van der Waals surface area contributed by atoms with Crippen LogP contribution in [0.2, 0.25) is 0 Å². The third-order valence-corrected chi connectivity index (χ3v) is 7.76. The molecule has 134 valence electrons. The lowest BCUT2D eigenvalue weighted by Crippen LogP contribution is -2.48. The first-order chi connectivity index (χ1) is 11.3. The molecule has 7 atom stereocenters. The van der Waals surface area contributed by atoms with Crippen molar-refractivity contribution < 1.29 is 19.3 Å². The van der Waals surface area contributed by atoms with Gasteiger partial charge < -0.3 is 14.9 Å². The van der Waals surface area contributed by atoms with Crippen LogP contribution in [0.4, 0.5) is 4.39 Å². The SMILES string of the molecule is COC1=C2[C@@H](CC[C@]3(C)C(O)C(F)C[C@@H]23)[C@@]2(C)CCC(O)CC2=C1. The molecule has 3 saturated carbocycles. The monoisotopic (exact) mass is 336 g/mol. The van der Waals surface area contributed by atoms with Crippen molar-refractivity contribution in [1.29, 1.82) is 0 Å². The average molecular weight is 336 g/mol. The van der Waals surface area contributed by atoms with Crippen molar-refractivity contribution in [3.63, 3.8) is 0 Å². The van der Waals surface area contributed by atoms with E-state index in [1.165, 1.54) is 11.1 Å². The summed E-state index contributed by atoms with van der Waals surface area (Å²) in [5, 5.41) is 20.5. The van der Waals surface area contributed by atoms with Gasteiger partial charge in [0, 0.05) is 5.41 Å². The van der Waals surface area contributed by atoms with E-state index in [0.29, 0.717) is 18.8 Å². The van der Waals surface area contributed by atoms with Crippen LogP contribution in [0.5, 0.6) is 0 Å². The van der Waals surface area contributed by atoms with Crippen LogP contribution in [0.15, 0.2) is 23.0 Å². The van der Waals surface area contributed by atoms with Gasteiger partial charge in [0.1, 0.15) is 11.9 Å². The molecule has 3 nitrogen and oxygen atoms in total. The van der Waals surface area contributed by atoms with Gasteiger partial charge in [0.25, 0.3) is 0 Å². The molecule has 3 unspecified atom stereocenters. The summed E-state index contributed by atoms with van der Waals surface area (Å²) < 4.78 is 20.1. The van der Waals surface area contributed by atoms with Gasteiger partial charge in [-0.2, -0.15) is 0 Å². The molecule has 0 bridgehead atoms. The summed E-state index contributed by atoms with van der Waals surface area (Å²) in [7, 11) is 1.68. The number of hydrogen-bond acceptors (Lipinski definition) is 3. The molecule has 0 heterocycles. The first-order valence-electron chi connectivity index (χ1n) is 9.30. The van der Waals surface area contributed by atoms with Crippen LogP contribution < -0.4 is 0 Å². The Hall–Kier alpha value is -0.870. The highest BCUT2D eigenvalue weighted by Crippen LogP contribution is 2.64. The van der Waals surface area contributed by atoms with Gasteiger partial charge in [-0.3, -0.25) is 0 Å². The van der Waals surface area contributed by atoms with Crippen LogP contribution in [0.25, 0.3) is 0 Å². The Morgan fingerprint density at radius 1 is 1.17 bits per heavy atom. The summed E-state index contributed by atoms with van der Waals surface area (Å²) in [5.74, 6) is 1.26. The van der Waals surface area contributed by atoms with Gasteiger partial charge in [0.2, 0.25) is 0 Å². The van der Waals surface area contributed by atoms with E-state index >= 15 is 0 Å². The minimum Gasteiger partial charge on any atom is -0.497 e. The van der Waals surface area contributed by atoms with Crippen molar-refractivity contribution in [2.45, 2.75) is 70.8 Å². The normalized spacial score (nSPS) is 50.8. The van der Waals surface area contributed by atoms with Crippen molar-refractivity contribution in [2.24, 2.45) is 22.7 Å². The lowest BCUT2D eigenvalue weighted by molar-refractivity contribution is -0.0206. The van der Waals surface area contributed by atoms with Crippen LogP contribution in [-0.4, -0.2) is 35.7 Å². The average Bonchev–Trinajstić information content (AvgIpc) is 2.78. The number of rotatable bonds is 1. The fourth-order valence-electron chi connectivity index (χ4n) is 6.16. The van der Waals surface area contributed by atoms with E-state index in [1.807, 2.05) is 6.92 Å². The number of alkyl halides is 1. The van der Waals surface area contributed by atoms with Crippen LogP contribution >= 0.6 is 0 Å². The van der Waals surface area contributed by atoms with Gasteiger partial charge in [-0.15, -0.1) is 0 Å². The van der Waals surface area contributed by atoms with E-state index in [-0.39, 0.29) is 22.9 Å². The van der Waals surface area contributed by atoms with Crippen LogP contribution in [0, 0.1) is 22.7 Å². The molecule has 4 aliphatic rings. The van der Waals surface area contributed by atoms with Crippen molar-refractivity contribution in [3.05, 3.63) is 23.0 Å². The third kappa shape index (κ3) is 2.02. The molecule has 0 aromatic carbocycles. The molecule has 4 heteroatoms. The second-order valence-electron chi connectivity index (χ2n) is 8.85. The van der Waals surface area contributed by atoms with E-state index in [0.717, 1.165) is 31.4 Å². The lowest BCUT2D eigenvalue weighted by atomic mass is 9.51. The first kappa shape index (κ1) is 16.6. The highest BCUT2D eigenvalue weighted by Gasteiger charge is 2.60. The molecule has 24 heavy (non-hydrogen) atoms. The first-order valence-corrected chi connectivity index (χ1v) is 9.30. The zero-order valence-electron chi connectivity index (χ0n) is 14.9. The molecular weight excluding hydrogens is 307 g/mol. The second-order valence-corrected chi connectivity index (χ2v) is 8.85. The predicted octanol–water partition coefficient (Wildman–Crippen LogP) is 3.51. The molecule has 0 aromatic heterocycles. The Balaban J connectivity index is 1.83. The smallest absolute Gasteiger partial charge is 0.127 e. The van der Waals surface area contributed by atoms with Crippen molar-refractivity contribution >= 4 is 0 Å². The highest BCUT2D eigenvalue weighted by molar-refractivity contribution is 5.42. The van der Waals surface area contributed by atoms with E-state index in [4.69, 9.17) is 4.74 Å². The maximum atomic E-state index is 14.4. The number of hydrogen-bond donors (Lipinski definition) is 2. The molecule has 3 fully saturated rings. The summed E-state index contributed by atoms with van der Waals surface area (Å²) in [5.41, 5.74) is 2.17. The number of aliphatic hydroxyl groups excluding tert-OH is 2. The van der Waals surface area contributed by atoms with Gasteiger partial charge in [-0.05, 0) is 67.4 Å². The lowest BCUT2D eigenvalue weighted by Gasteiger charge is -2.54. The molecule has 2 N–H and O–H groups in total. The zero-order valence-corrected chi connectivity index (χ0v) is 14.9. The molecule has 0 aromatic rings. The summed E-state index contributed by atoms with van der Waals surface area (Å²) in [6, 6.07) is 0. The number of methoxy groups -OCH3 is 1.